The molecule has 0 N–H and O–H groups in total. The van der Waals surface area contributed by atoms with Crippen LogP contribution in [0.3, 0.4) is 0 Å². The monoisotopic (exact) mass is 791 g/mol. The Hall–Kier alpha value is -6.58. The van der Waals surface area contributed by atoms with E-state index in [2.05, 4.69) is 235 Å². The molecule has 0 radical (unpaired) electrons. The van der Waals surface area contributed by atoms with Gasteiger partial charge in [0.2, 0.25) is 0 Å². The Bertz CT molecular complexity index is 2650. The number of hydrogen-bond acceptors (Lipinski definition) is 3. The first kappa shape index (κ1) is 37.4. The van der Waals surface area contributed by atoms with Crippen molar-refractivity contribution in [3.8, 4) is 0 Å². The topological polar surface area (TPSA) is 9.72 Å². The number of allylic oxidation sites excluding steroid dienone is 13. The number of nitrogens with zero attached hydrogens (tertiary/aromatic N) is 3. The molecule has 0 aromatic heterocycles. The Balaban J connectivity index is 0.890. The molecule has 3 heteroatoms. The highest BCUT2D eigenvalue weighted by molar-refractivity contribution is 6.01. The molecule has 1 fully saturated rings. The van der Waals surface area contributed by atoms with E-state index in [1.165, 1.54) is 63.6 Å². The van der Waals surface area contributed by atoms with Crippen LogP contribution < -0.4 is 14.7 Å². The molecule has 0 bridgehead atoms. The van der Waals surface area contributed by atoms with Crippen molar-refractivity contribution in [3.63, 3.8) is 0 Å². The van der Waals surface area contributed by atoms with Crippen LogP contribution in [0.5, 0.6) is 0 Å². The molecule has 1 saturated carbocycles. The van der Waals surface area contributed by atoms with Gasteiger partial charge in [-0.3, -0.25) is 0 Å². The van der Waals surface area contributed by atoms with E-state index in [1.54, 1.807) is 5.56 Å². The van der Waals surface area contributed by atoms with Gasteiger partial charge < -0.3 is 14.7 Å². The molecular formula is C58H53N3. The van der Waals surface area contributed by atoms with E-state index in [1.807, 2.05) is 0 Å². The zero-order valence-electron chi connectivity index (χ0n) is 35.2. The molecule has 5 atom stereocenters. The van der Waals surface area contributed by atoms with Crippen LogP contribution in [0.1, 0.15) is 56.2 Å². The summed E-state index contributed by atoms with van der Waals surface area (Å²) in [5.41, 5.74) is 15.6. The van der Waals surface area contributed by atoms with Crippen molar-refractivity contribution in [2.45, 2.75) is 51.0 Å². The van der Waals surface area contributed by atoms with Crippen molar-refractivity contribution in [2.24, 2.45) is 23.7 Å². The van der Waals surface area contributed by atoms with Crippen molar-refractivity contribution in [3.05, 3.63) is 223 Å². The number of hydrogen-bond donors (Lipinski definition) is 0. The molecule has 3 nitrogen and oxygen atoms in total. The number of benzene rings is 5. The third kappa shape index (κ3) is 6.59. The minimum atomic E-state index is 0.106. The fourth-order valence-electron chi connectivity index (χ4n) is 11.2. The Morgan fingerprint density at radius 2 is 1.16 bits per heavy atom. The Labute approximate surface area is 362 Å². The summed E-state index contributed by atoms with van der Waals surface area (Å²) in [6, 6.07) is 44.9. The summed E-state index contributed by atoms with van der Waals surface area (Å²) in [7, 11) is 0. The summed E-state index contributed by atoms with van der Waals surface area (Å²) in [6.45, 7) is 4.61. The molecule has 6 aliphatic rings. The molecule has 11 rings (SSSR count). The second kappa shape index (κ2) is 15.5. The van der Waals surface area contributed by atoms with Gasteiger partial charge in [-0.25, -0.2) is 0 Å². The smallest absolute Gasteiger partial charge is 0.0703 e. The molecule has 1 spiro atoms. The van der Waals surface area contributed by atoms with Gasteiger partial charge in [-0.15, -0.1) is 0 Å². The van der Waals surface area contributed by atoms with Crippen molar-refractivity contribution < 1.29 is 0 Å². The van der Waals surface area contributed by atoms with E-state index in [0.717, 1.165) is 24.2 Å². The van der Waals surface area contributed by atoms with E-state index < -0.39 is 0 Å². The lowest BCUT2D eigenvalue weighted by atomic mass is 9.68. The standard InChI is InChI=1S/C58H53N3/c1-41-15-6-7-17-42(2)59(36-14-16-41)49-33-35-51-50-34-30-44(37-52(50)58(53(51)38-49)39-45-18-8-9-19-46(45)40-58)27-26-43-28-31-48(32-29-43)61-56-24-12-10-22-54(56)60(47-20-4-3-5-21-47)55-23-11-13-25-57(55)61/h3-15,17-36,38,41-42,45-46,52H,16,37,39-40H2,1-2H3/b15-6-,17-7-,27-26+,36-14-. The Kier molecular flexibility index (Phi) is 9.49. The Morgan fingerprint density at radius 3 is 1.84 bits per heavy atom. The third-order valence-corrected chi connectivity index (χ3v) is 14.2. The maximum Gasteiger partial charge on any atom is 0.0703 e. The fourth-order valence-corrected chi connectivity index (χ4v) is 11.2. The van der Waals surface area contributed by atoms with Gasteiger partial charge in [-0.2, -0.15) is 0 Å². The van der Waals surface area contributed by atoms with Crippen LogP contribution in [-0.2, 0) is 5.41 Å². The van der Waals surface area contributed by atoms with E-state index in [4.69, 9.17) is 0 Å². The first-order chi connectivity index (χ1) is 30.0. The highest BCUT2D eigenvalue weighted by atomic mass is 15.3. The number of rotatable bonds is 5. The molecule has 2 heterocycles. The van der Waals surface area contributed by atoms with Gasteiger partial charge in [0.15, 0.2) is 0 Å². The lowest BCUT2D eigenvalue weighted by molar-refractivity contribution is 0.338. The van der Waals surface area contributed by atoms with Crippen molar-refractivity contribution in [1.29, 1.82) is 0 Å². The molecule has 0 amide bonds. The summed E-state index contributed by atoms with van der Waals surface area (Å²) in [6.07, 6.45) is 37.4. The fraction of sp³-hybridized carbons (Fsp3) is 0.207. The molecule has 61 heavy (non-hydrogen) atoms. The summed E-state index contributed by atoms with van der Waals surface area (Å²) in [5.74, 6) is 2.17. The van der Waals surface area contributed by atoms with Gasteiger partial charge in [0.05, 0.1) is 22.7 Å². The van der Waals surface area contributed by atoms with E-state index in [9.17, 15) is 0 Å². The highest BCUT2D eigenvalue weighted by Crippen LogP contribution is 2.64. The summed E-state index contributed by atoms with van der Waals surface area (Å²) in [4.78, 5) is 7.26. The van der Waals surface area contributed by atoms with Crippen LogP contribution >= 0.6 is 0 Å². The minimum absolute atomic E-state index is 0.106. The molecule has 4 aliphatic carbocycles. The van der Waals surface area contributed by atoms with Crippen molar-refractivity contribution in [1.82, 2.24) is 0 Å². The van der Waals surface area contributed by atoms with Crippen LogP contribution in [0.15, 0.2) is 206 Å². The van der Waals surface area contributed by atoms with Crippen LogP contribution in [0.4, 0.5) is 39.8 Å². The van der Waals surface area contributed by atoms with Crippen molar-refractivity contribution >= 4 is 51.5 Å². The lowest BCUT2D eigenvalue weighted by Gasteiger charge is -2.40. The third-order valence-electron chi connectivity index (χ3n) is 14.2. The molecule has 5 unspecified atom stereocenters. The van der Waals surface area contributed by atoms with Gasteiger partial charge in [0.25, 0.3) is 0 Å². The second-order valence-electron chi connectivity index (χ2n) is 17.9. The maximum absolute atomic E-state index is 2.58. The average Bonchev–Trinajstić information content (AvgIpc) is 3.82. The number of fused-ring (bicyclic) bond motifs is 8. The van der Waals surface area contributed by atoms with Gasteiger partial charge in [-0.05, 0) is 145 Å². The first-order valence-corrected chi connectivity index (χ1v) is 22.4. The maximum atomic E-state index is 2.58. The first-order valence-electron chi connectivity index (χ1n) is 22.4. The van der Waals surface area contributed by atoms with Crippen LogP contribution in [0.25, 0.3) is 11.6 Å². The van der Waals surface area contributed by atoms with E-state index in [-0.39, 0.29) is 11.5 Å². The predicted molar refractivity (Wildman–Crippen MR) is 258 cm³/mol. The number of para-hydroxylation sites is 5. The highest BCUT2D eigenvalue weighted by Gasteiger charge is 2.55. The normalized spacial score (nSPS) is 27.4. The zero-order chi connectivity index (χ0) is 40.9. The number of anilines is 7. The average molecular weight is 792 g/mol. The van der Waals surface area contributed by atoms with Crippen LogP contribution in [-0.4, -0.2) is 6.04 Å². The van der Waals surface area contributed by atoms with E-state index >= 15 is 0 Å². The Morgan fingerprint density at radius 1 is 0.574 bits per heavy atom. The van der Waals surface area contributed by atoms with Crippen LogP contribution in [0, 0.1) is 23.7 Å². The van der Waals surface area contributed by atoms with Gasteiger partial charge in [-0.1, -0.05) is 147 Å². The van der Waals surface area contributed by atoms with Gasteiger partial charge >= 0.3 is 0 Å². The van der Waals surface area contributed by atoms with Crippen LogP contribution in [0.2, 0.25) is 0 Å². The predicted octanol–water partition coefficient (Wildman–Crippen LogP) is 15.2. The zero-order valence-corrected chi connectivity index (χ0v) is 35.2. The lowest BCUT2D eigenvalue weighted by Crippen LogP contribution is -2.30. The molecular weight excluding hydrogens is 739 g/mol. The summed E-state index contributed by atoms with van der Waals surface area (Å²) < 4.78 is 0. The molecule has 5 aromatic rings. The van der Waals surface area contributed by atoms with Crippen molar-refractivity contribution in [2.75, 3.05) is 14.7 Å². The summed E-state index contributed by atoms with van der Waals surface area (Å²) >= 11 is 0. The second-order valence-corrected chi connectivity index (χ2v) is 17.9. The molecule has 2 aliphatic heterocycles. The molecule has 0 saturated heterocycles. The van der Waals surface area contributed by atoms with Gasteiger partial charge in [0.1, 0.15) is 0 Å². The SMILES string of the molecule is CC1/C=C\C=C/C(C)N(c2ccc3c(c2)C2(CC4C=CC=CC4C2)C2CC(/C=C/c4ccc(N5c6ccccc6N(c6ccccc6)c6ccccc65)cc4)=CC=C32)/C=C\C1. The summed E-state index contributed by atoms with van der Waals surface area (Å²) in [5, 5.41) is 0. The minimum Gasteiger partial charge on any atom is -0.342 e. The van der Waals surface area contributed by atoms with Gasteiger partial charge in [0, 0.05) is 34.7 Å². The van der Waals surface area contributed by atoms with E-state index in [0.29, 0.717) is 23.7 Å². The molecule has 300 valence electrons. The quantitative estimate of drug-likeness (QED) is 0.172. The molecule has 5 aromatic carbocycles. The largest absolute Gasteiger partial charge is 0.342 e.